The standard InChI is InChI=1S/C28H41NO8/c1-18(17-36-27(34)29-14-7-15-29)8-6-9-19(2)25-20(3)10-11-24(37-21(4)30)28(5,35)13-12-22(31)16-23(32)26(25)33/h6,8-11,18,20,22,24-25,31,35H,7,12-17H2,1-5H3/b8-6+,11-10+,19-9+/t18-,20+,22+,24+,25-,28+/m1/s1. The summed E-state index contributed by atoms with van der Waals surface area (Å²) < 4.78 is 10.6. The lowest BCUT2D eigenvalue weighted by Gasteiger charge is -2.32. The molecule has 6 atom stereocenters. The van der Waals surface area contributed by atoms with Crippen LogP contribution in [0.3, 0.4) is 0 Å². The molecule has 0 saturated carbocycles. The maximum absolute atomic E-state index is 13.2. The van der Waals surface area contributed by atoms with Gasteiger partial charge in [-0.3, -0.25) is 14.4 Å². The van der Waals surface area contributed by atoms with E-state index in [9.17, 15) is 29.4 Å². The molecule has 9 nitrogen and oxygen atoms in total. The van der Waals surface area contributed by atoms with E-state index in [4.69, 9.17) is 9.47 Å². The highest BCUT2D eigenvalue weighted by Crippen LogP contribution is 2.29. The summed E-state index contributed by atoms with van der Waals surface area (Å²) in [6, 6.07) is 0. The van der Waals surface area contributed by atoms with Crippen molar-refractivity contribution in [2.24, 2.45) is 17.8 Å². The fraction of sp³-hybridized carbons (Fsp3) is 0.643. The van der Waals surface area contributed by atoms with E-state index in [0.29, 0.717) is 5.57 Å². The number of Topliss-reactive ketones (excluding diaryl/α,β-unsaturated/α-hetero) is 2. The van der Waals surface area contributed by atoms with E-state index in [2.05, 4.69) is 0 Å². The molecule has 1 aliphatic heterocycles. The number of likely N-dealkylation sites (tertiary alicyclic amines) is 1. The molecule has 1 saturated heterocycles. The predicted molar refractivity (Wildman–Crippen MR) is 137 cm³/mol. The Labute approximate surface area is 219 Å². The van der Waals surface area contributed by atoms with Crippen molar-refractivity contribution in [2.75, 3.05) is 19.7 Å². The van der Waals surface area contributed by atoms with Crippen LogP contribution >= 0.6 is 0 Å². The van der Waals surface area contributed by atoms with E-state index < -0.39 is 47.2 Å². The summed E-state index contributed by atoms with van der Waals surface area (Å²) >= 11 is 0. The van der Waals surface area contributed by atoms with E-state index in [-0.39, 0.29) is 37.9 Å². The molecule has 0 radical (unpaired) electrons. The molecule has 206 valence electrons. The third-order valence-electron chi connectivity index (χ3n) is 6.86. The first kappa shape index (κ1) is 30.4. The van der Waals surface area contributed by atoms with Crippen molar-refractivity contribution in [1.82, 2.24) is 4.90 Å². The number of nitrogens with zero attached hydrogens (tertiary/aromatic N) is 1. The Bertz CT molecular complexity index is 930. The largest absolute Gasteiger partial charge is 0.455 e. The van der Waals surface area contributed by atoms with Gasteiger partial charge in [0, 0.05) is 32.4 Å². The summed E-state index contributed by atoms with van der Waals surface area (Å²) in [5, 5.41) is 21.3. The summed E-state index contributed by atoms with van der Waals surface area (Å²) in [7, 11) is 0. The predicted octanol–water partition coefficient (Wildman–Crippen LogP) is 3.14. The second-order valence-corrected chi connectivity index (χ2v) is 10.5. The molecular weight excluding hydrogens is 478 g/mol. The molecule has 1 heterocycles. The van der Waals surface area contributed by atoms with Crippen molar-refractivity contribution < 1.29 is 38.9 Å². The summed E-state index contributed by atoms with van der Waals surface area (Å²) in [5.41, 5.74) is -0.827. The number of ketones is 2. The van der Waals surface area contributed by atoms with Crippen LogP contribution in [0, 0.1) is 17.8 Å². The molecule has 0 aromatic heterocycles. The highest BCUT2D eigenvalue weighted by molar-refractivity contribution is 6.38. The Balaban J connectivity index is 2.21. The Kier molecular flexibility index (Phi) is 11.3. The van der Waals surface area contributed by atoms with Crippen LogP contribution in [0.5, 0.6) is 0 Å². The van der Waals surface area contributed by atoms with Crippen LogP contribution in [0.1, 0.15) is 60.3 Å². The molecule has 1 aliphatic carbocycles. The van der Waals surface area contributed by atoms with Crippen molar-refractivity contribution in [3.63, 3.8) is 0 Å². The maximum atomic E-state index is 13.2. The first-order valence-electron chi connectivity index (χ1n) is 12.9. The zero-order valence-corrected chi connectivity index (χ0v) is 22.5. The number of hydrogen-bond donors (Lipinski definition) is 2. The van der Waals surface area contributed by atoms with Crippen molar-refractivity contribution in [3.05, 3.63) is 36.0 Å². The summed E-state index contributed by atoms with van der Waals surface area (Å²) in [6.45, 7) is 9.86. The number of amides is 1. The number of ether oxygens (including phenoxy) is 2. The van der Waals surface area contributed by atoms with Gasteiger partial charge >= 0.3 is 12.1 Å². The number of aliphatic hydroxyl groups excluding tert-OH is 1. The van der Waals surface area contributed by atoms with Crippen LogP contribution < -0.4 is 0 Å². The average Bonchev–Trinajstić information content (AvgIpc) is 2.77. The lowest BCUT2D eigenvalue weighted by Crippen LogP contribution is -2.42. The lowest BCUT2D eigenvalue weighted by molar-refractivity contribution is -0.156. The van der Waals surface area contributed by atoms with Gasteiger partial charge in [-0.15, -0.1) is 0 Å². The fourth-order valence-electron chi connectivity index (χ4n) is 4.34. The van der Waals surface area contributed by atoms with Crippen molar-refractivity contribution in [2.45, 2.75) is 78.1 Å². The maximum Gasteiger partial charge on any atom is 0.409 e. The number of allylic oxidation sites excluding steroid dienone is 4. The quantitative estimate of drug-likeness (QED) is 0.237. The van der Waals surface area contributed by atoms with Crippen molar-refractivity contribution >= 4 is 23.6 Å². The van der Waals surface area contributed by atoms with Gasteiger partial charge in [0.25, 0.3) is 0 Å². The number of rotatable bonds is 6. The summed E-state index contributed by atoms with van der Waals surface area (Å²) in [5.74, 6) is -3.15. The molecule has 0 unspecified atom stereocenters. The Hall–Kier alpha value is -2.78. The minimum Gasteiger partial charge on any atom is -0.455 e. The molecule has 1 fully saturated rings. The van der Waals surface area contributed by atoms with Gasteiger partial charge < -0.3 is 24.6 Å². The molecular formula is C28H41NO8. The third-order valence-corrected chi connectivity index (χ3v) is 6.86. The monoisotopic (exact) mass is 519 g/mol. The zero-order valence-electron chi connectivity index (χ0n) is 22.5. The first-order chi connectivity index (χ1) is 17.3. The van der Waals surface area contributed by atoms with Gasteiger partial charge in [0.2, 0.25) is 11.6 Å². The normalized spacial score (nSPS) is 31.6. The van der Waals surface area contributed by atoms with Crippen LogP contribution in [-0.2, 0) is 23.9 Å². The molecule has 1 amide bonds. The number of carbonyl (C=O) groups excluding carboxylic acids is 4. The minimum absolute atomic E-state index is 0.0536. The number of carbonyl (C=O) groups is 4. The third kappa shape index (κ3) is 9.23. The van der Waals surface area contributed by atoms with Crippen LogP contribution in [0.4, 0.5) is 4.79 Å². The van der Waals surface area contributed by atoms with Gasteiger partial charge in [-0.05, 0) is 45.1 Å². The average molecular weight is 520 g/mol. The molecule has 2 N–H and O–H groups in total. The number of esters is 1. The van der Waals surface area contributed by atoms with Crippen LogP contribution in [-0.4, -0.2) is 76.2 Å². The van der Waals surface area contributed by atoms with Crippen LogP contribution in [0.25, 0.3) is 0 Å². The first-order valence-corrected chi connectivity index (χ1v) is 12.9. The van der Waals surface area contributed by atoms with E-state index in [0.717, 1.165) is 19.5 Å². The molecule has 0 aromatic carbocycles. The number of hydrogen-bond acceptors (Lipinski definition) is 8. The Morgan fingerprint density at radius 1 is 1.24 bits per heavy atom. The van der Waals surface area contributed by atoms with Gasteiger partial charge in [-0.25, -0.2) is 4.79 Å². The zero-order chi connectivity index (χ0) is 27.8. The van der Waals surface area contributed by atoms with Crippen LogP contribution in [0.15, 0.2) is 36.0 Å². The molecule has 2 rings (SSSR count). The van der Waals surface area contributed by atoms with Crippen molar-refractivity contribution in [1.29, 1.82) is 0 Å². The number of aliphatic hydroxyl groups is 2. The second kappa shape index (κ2) is 13.7. The highest BCUT2D eigenvalue weighted by Gasteiger charge is 2.36. The molecule has 0 bridgehead atoms. The summed E-state index contributed by atoms with van der Waals surface area (Å²) in [6.07, 6.45) is 6.97. The van der Waals surface area contributed by atoms with Gasteiger partial charge in [-0.2, -0.15) is 0 Å². The molecule has 0 aromatic rings. The Morgan fingerprint density at radius 2 is 1.92 bits per heavy atom. The highest BCUT2D eigenvalue weighted by atomic mass is 16.6. The van der Waals surface area contributed by atoms with E-state index in [1.54, 1.807) is 43.1 Å². The van der Waals surface area contributed by atoms with Gasteiger partial charge in [0.1, 0.15) is 11.7 Å². The molecule has 37 heavy (non-hydrogen) atoms. The lowest BCUT2D eigenvalue weighted by atomic mass is 9.79. The van der Waals surface area contributed by atoms with E-state index in [1.807, 2.05) is 13.0 Å². The van der Waals surface area contributed by atoms with Gasteiger partial charge in [0.05, 0.1) is 18.6 Å². The minimum atomic E-state index is -1.46. The van der Waals surface area contributed by atoms with Crippen molar-refractivity contribution in [3.8, 4) is 0 Å². The second-order valence-electron chi connectivity index (χ2n) is 10.5. The fourth-order valence-corrected chi connectivity index (χ4v) is 4.34. The van der Waals surface area contributed by atoms with Gasteiger partial charge in [-0.1, -0.05) is 43.7 Å². The molecule has 2 aliphatic rings. The SMILES string of the molecule is CC(=O)O[C@H]1/C=C/[C@H](C)[C@@H](/C(C)=C/C=C/[C@@H](C)COC(=O)N2CCC2)C(=O)C(=O)C[C@@H](O)CC[C@]1(C)O. The van der Waals surface area contributed by atoms with E-state index in [1.165, 1.54) is 13.8 Å². The van der Waals surface area contributed by atoms with Crippen LogP contribution in [0.2, 0.25) is 0 Å². The molecule has 0 spiro atoms. The van der Waals surface area contributed by atoms with Gasteiger partial charge in [0.15, 0.2) is 0 Å². The topological polar surface area (TPSA) is 130 Å². The van der Waals surface area contributed by atoms with E-state index >= 15 is 0 Å². The summed E-state index contributed by atoms with van der Waals surface area (Å²) in [4.78, 5) is 51.0. The molecule has 9 heteroatoms. The Morgan fingerprint density at radius 3 is 2.51 bits per heavy atom. The smallest absolute Gasteiger partial charge is 0.409 e.